The molecule has 1 atom stereocenters. The van der Waals surface area contributed by atoms with Gasteiger partial charge in [0.05, 0.1) is 28.0 Å². The van der Waals surface area contributed by atoms with E-state index in [9.17, 15) is 13.2 Å². The van der Waals surface area contributed by atoms with Gasteiger partial charge in [-0.3, -0.25) is 9.52 Å². The van der Waals surface area contributed by atoms with Gasteiger partial charge in [-0.1, -0.05) is 23.7 Å². The van der Waals surface area contributed by atoms with Crippen LogP contribution < -0.4 is 14.8 Å². The van der Waals surface area contributed by atoms with Gasteiger partial charge in [0.2, 0.25) is 5.91 Å². The van der Waals surface area contributed by atoms with Crippen LogP contribution in [0.2, 0.25) is 5.02 Å². The molecule has 0 aromatic heterocycles. The molecule has 6 nitrogen and oxygen atoms in total. The molecule has 0 unspecified atom stereocenters. The van der Waals surface area contributed by atoms with E-state index in [0.717, 1.165) is 10.6 Å². The fourth-order valence-corrected chi connectivity index (χ4v) is 4.81. The maximum Gasteiger partial charge on any atom is 0.261 e. The van der Waals surface area contributed by atoms with Crippen LogP contribution in [-0.2, 0) is 14.8 Å². The number of hydrogen-bond donors (Lipinski definition) is 2. The average Bonchev–Trinajstić information content (AvgIpc) is 2.76. The quantitative estimate of drug-likeness (QED) is 0.433. The van der Waals surface area contributed by atoms with Crippen LogP contribution in [0, 0.1) is 0 Å². The van der Waals surface area contributed by atoms with Crippen LogP contribution in [0.5, 0.6) is 5.75 Å². The van der Waals surface area contributed by atoms with E-state index in [4.69, 9.17) is 16.3 Å². The van der Waals surface area contributed by atoms with Crippen LogP contribution in [0.1, 0.15) is 6.92 Å². The number of amides is 1. The standard InChI is InChI=1S/C22H21ClN2O4S2/c1-15(30-18-11-9-17(29-2)10-12-18)22(26)24-16-7-13-19(14-8-16)31(27,28)25-21-6-4-3-5-20(21)23/h3-15,25H,1-2H3,(H,24,26)/t15-/m0/s1. The molecule has 3 aromatic carbocycles. The highest BCUT2D eigenvalue weighted by molar-refractivity contribution is 8.00. The predicted molar refractivity (Wildman–Crippen MR) is 126 cm³/mol. The van der Waals surface area contributed by atoms with Gasteiger partial charge >= 0.3 is 0 Å². The lowest BCUT2D eigenvalue weighted by atomic mass is 10.3. The fraction of sp³-hybridized carbons (Fsp3) is 0.136. The van der Waals surface area contributed by atoms with Gasteiger partial charge in [-0.15, -0.1) is 11.8 Å². The number of halogens is 1. The number of thioether (sulfide) groups is 1. The zero-order valence-electron chi connectivity index (χ0n) is 16.8. The molecule has 162 valence electrons. The number of nitrogens with one attached hydrogen (secondary N) is 2. The third kappa shape index (κ3) is 6.16. The summed E-state index contributed by atoms with van der Waals surface area (Å²) in [7, 11) is -2.21. The van der Waals surface area contributed by atoms with Crippen molar-refractivity contribution in [3.05, 3.63) is 77.8 Å². The Labute approximate surface area is 191 Å². The van der Waals surface area contributed by atoms with Crippen molar-refractivity contribution in [1.29, 1.82) is 0 Å². The minimum absolute atomic E-state index is 0.0612. The van der Waals surface area contributed by atoms with E-state index >= 15 is 0 Å². The smallest absolute Gasteiger partial charge is 0.261 e. The van der Waals surface area contributed by atoms with Crippen LogP contribution in [0.15, 0.2) is 82.6 Å². The second-order valence-electron chi connectivity index (χ2n) is 6.53. The molecule has 0 aliphatic carbocycles. The first-order valence-electron chi connectivity index (χ1n) is 9.27. The van der Waals surface area contributed by atoms with Gasteiger partial charge in [0.15, 0.2) is 0 Å². The first kappa shape index (κ1) is 23.0. The molecule has 31 heavy (non-hydrogen) atoms. The molecule has 0 bridgehead atoms. The Hall–Kier alpha value is -2.68. The lowest BCUT2D eigenvalue weighted by Gasteiger charge is -2.13. The van der Waals surface area contributed by atoms with Crippen molar-refractivity contribution in [2.24, 2.45) is 0 Å². The van der Waals surface area contributed by atoms with Gasteiger partial charge in [0.25, 0.3) is 10.0 Å². The van der Waals surface area contributed by atoms with Gasteiger partial charge in [0.1, 0.15) is 5.75 Å². The van der Waals surface area contributed by atoms with E-state index in [2.05, 4.69) is 10.0 Å². The van der Waals surface area contributed by atoms with Crippen molar-refractivity contribution < 1.29 is 17.9 Å². The summed E-state index contributed by atoms with van der Waals surface area (Å²) < 4.78 is 32.7. The lowest BCUT2D eigenvalue weighted by molar-refractivity contribution is -0.115. The largest absolute Gasteiger partial charge is 0.497 e. The molecular formula is C22H21ClN2O4S2. The third-order valence-corrected chi connectivity index (χ3v) is 7.11. The van der Waals surface area contributed by atoms with Crippen molar-refractivity contribution >= 4 is 50.7 Å². The van der Waals surface area contributed by atoms with Crippen LogP contribution in [0.3, 0.4) is 0 Å². The molecule has 9 heteroatoms. The van der Waals surface area contributed by atoms with Crippen molar-refractivity contribution in [2.75, 3.05) is 17.1 Å². The van der Waals surface area contributed by atoms with E-state index < -0.39 is 10.0 Å². The summed E-state index contributed by atoms with van der Waals surface area (Å²) in [6, 6.07) is 20.0. The van der Waals surface area contributed by atoms with Crippen molar-refractivity contribution in [3.8, 4) is 5.75 Å². The van der Waals surface area contributed by atoms with Gasteiger partial charge in [-0.2, -0.15) is 0 Å². The summed E-state index contributed by atoms with van der Waals surface area (Å²) in [6.45, 7) is 1.80. The zero-order chi connectivity index (χ0) is 22.4. The summed E-state index contributed by atoms with van der Waals surface area (Å²) in [5, 5.41) is 2.76. The van der Waals surface area contributed by atoms with Gasteiger partial charge in [-0.25, -0.2) is 8.42 Å². The Morgan fingerprint density at radius 3 is 2.26 bits per heavy atom. The molecule has 2 N–H and O–H groups in total. The minimum Gasteiger partial charge on any atom is -0.497 e. The van der Waals surface area contributed by atoms with E-state index in [1.807, 2.05) is 24.3 Å². The van der Waals surface area contributed by atoms with E-state index in [1.54, 1.807) is 50.4 Å². The normalized spacial score (nSPS) is 12.1. The number of hydrogen-bond acceptors (Lipinski definition) is 5. The van der Waals surface area contributed by atoms with Crippen LogP contribution >= 0.6 is 23.4 Å². The van der Waals surface area contributed by atoms with Gasteiger partial charge in [-0.05, 0) is 67.6 Å². The Morgan fingerprint density at radius 1 is 1.00 bits per heavy atom. The highest BCUT2D eigenvalue weighted by atomic mass is 35.5. The summed E-state index contributed by atoms with van der Waals surface area (Å²) >= 11 is 7.43. The number of benzene rings is 3. The summed E-state index contributed by atoms with van der Waals surface area (Å²) in [4.78, 5) is 13.5. The number of carbonyl (C=O) groups is 1. The first-order chi connectivity index (χ1) is 14.8. The predicted octanol–water partition coefficient (Wildman–Crippen LogP) is 5.27. The number of sulfonamides is 1. The van der Waals surface area contributed by atoms with Crippen LogP contribution in [0.25, 0.3) is 0 Å². The molecule has 0 fully saturated rings. The monoisotopic (exact) mass is 476 g/mol. The van der Waals surface area contributed by atoms with E-state index in [-0.39, 0.29) is 16.1 Å². The molecule has 0 saturated heterocycles. The molecule has 0 saturated carbocycles. The summed E-state index contributed by atoms with van der Waals surface area (Å²) in [6.07, 6.45) is 0. The maximum absolute atomic E-state index is 12.6. The second-order valence-corrected chi connectivity index (χ2v) is 10.0. The number of rotatable bonds is 8. The third-order valence-electron chi connectivity index (χ3n) is 4.29. The molecule has 3 rings (SSSR count). The second kappa shape index (κ2) is 10.1. The van der Waals surface area contributed by atoms with Crippen molar-refractivity contribution in [2.45, 2.75) is 22.0 Å². The average molecular weight is 477 g/mol. The molecule has 1 amide bonds. The molecule has 3 aromatic rings. The summed E-state index contributed by atoms with van der Waals surface area (Å²) in [5.74, 6) is 0.561. The summed E-state index contributed by atoms with van der Waals surface area (Å²) in [5.41, 5.74) is 0.801. The Morgan fingerprint density at radius 2 is 1.65 bits per heavy atom. The first-order valence-corrected chi connectivity index (χ1v) is 12.0. The fourth-order valence-electron chi connectivity index (χ4n) is 2.62. The molecule has 0 heterocycles. The van der Waals surface area contributed by atoms with Crippen LogP contribution in [0.4, 0.5) is 11.4 Å². The Kier molecular flexibility index (Phi) is 7.48. The van der Waals surface area contributed by atoms with Crippen molar-refractivity contribution in [1.82, 2.24) is 0 Å². The number of anilines is 2. The maximum atomic E-state index is 12.6. The van der Waals surface area contributed by atoms with Gasteiger partial charge < -0.3 is 10.1 Å². The molecule has 0 aliphatic rings. The highest BCUT2D eigenvalue weighted by Gasteiger charge is 2.17. The molecular weight excluding hydrogens is 456 g/mol. The lowest BCUT2D eigenvalue weighted by Crippen LogP contribution is -2.22. The Balaban J connectivity index is 1.62. The van der Waals surface area contributed by atoms with Crippen LogP contribution in [-0.4, -0.2) is 26.7 Å². The SMILES string of the molecule is COc1ccc(S[C@@H](C)C(=O)Nc2ccc(S(=O)(=O)Nc3ccccc3Cl)cc2)cc1. The van der Waals surface area contributed by atoms with E-state index in [0.29, 0.717) is 16.4 Å². The number of carbonyl (C=O) groups excluding carboxylic acids is 1. The zero-order valence-corrected chi connectivity index (χ0v) is 19.2. The Bertz CT molecular complexity index is 1150. The van der Waals surface area contributed by atoms with E-state index in [1.165, 1.54) is 23.9 Å². The molecule has 0 radical (unpaired) electrons. The van der Waals surface area contributed by atoms with Gasteiger partial charge in [0, 0.05) is 10.6 Å². The number of ether oxygens (including phenoxy) is 1. The number of methoxy groups -OCH3 is 1. The highest BCUT2D eigenvalue weighted by Crippen LogP contribution is 2.27. The molecule has 0 spiro atoms. The number of para-hydroxylation sites is 1. The minimum atomic E-state index is -3.81. The topological polar surface area (TPSA) is 84.5 Å². The van der Waals surface area contributed by atoms with Crippen molar-refractivity contribution in [3.63, 3.8) is 0 Å². The molecule has 0 aliphatic heterocycles.